The zero-order valence-corrected chi connectivity index (χ0v) is 13.5. The van der Waals surface area contributed by atoms with Crippen LogP contribution in [0.5, 0.6) is 0 Å². The number of anilines is 1. The molecule has 0 saturated carbocycles. The predicted molar refractivity (Wildman–Crippen MR) is 81.3 cm³/mol. The molecule has 2 rings (SSSR count). The predicted octanol–water partition coefficient (Wildman–Crippen LogP) is -0.975. The number of aliphatic carboxylic acids is 1. The van der Waals surface area contributed by atoms with Gasteiger partial charge in [0.05, 0.1) is 5.54 Å². The van der Waals surface area contributed by atoms with E-state index in [4.69, 9.17) is 10.8 Å². The lowest BCUT2D eigenvalue weighted by molar-refractivity contribution is -0.231. The number of hydroxylamine groups is 2. The summed E-state index contributed by atoms with van der Waals surface area (Å²) in [5.41, 5.74) is 4.25. The van der Waals surface area contributed by atoms with Gasteiger partial charge in [0.1, 0.15) is 11.7 Å². The van der Waals surface area contributed by atoms with E-state index in [2.05, 4.69) is 20.3 Å². The molecule has 130 valence electrons. The molecule has 1 aromatic rings. The Morgan fingerprint density at radius 2 is 2.25 bits per heavy atom. The smallest absolute Gasteiger partial charge is 0.344 e. The number of hydrogen-bond donors (Lipinski definition) is 4. The van der Waals surface area contributed by atoms with Gasteiger partial charge in [-0.1, -0.05) is 5.16 Å². The third kappa shape index (κ3) is 3.28. The van der Waals surface area contributed by atoms with E-state index in [1.54, 1.807) is 13.8 Å². The molecule has 1 aliphatic rings. The molecule has 1 atom stereocenters. The Bertz CT molecular complexity index is 715. The molecule has 1 aromatic heterocycles. The van der Waals surface area contributed by atoms with Crippen molar-refractivity contribution in [3.8, 4) is 0 Å². The van der Waals surface area contributed by atoms with Gasteiger partial charge >= 0.3 is 5.97 Å². The van der Waals surface area contributed by atoms with E-state index in [0.717, 1.165) is 11.3 Å². The highest BCUT2D eigenvalue weighted by Crippen LogP contribution is 2.29. The number of carboxylic acid groups (broad SMARTS) is 1. The number of hydrogen-bond acceptors (Lipinski definition) is 9. The number of nitrogen functional groups attached to an aromatic ring is 1. The Hall–Kier alpha value is -2.73. The normalized spacial score (nSPS) is 19.6. The largest absolute Gasteiger partial charge is 0.479 e. The van der Waals surface area contributed by atoms with Crippen LogP contribution in [-0.2, 0) is 19.2 Å². The highest BCUT2D eigenvalue weighted by Gasteiger charge is 2.55. The third-order valence-electron chi connectivity index (χ3n) is 3.31. The number of nitrogens with two attached hydrogens (primary N) is 1. The van der Waals surface area contributed by atoms with Crippen molar-refractivity contribution >= 4 is 40.0 Å². The number of amides is 2. The van der Waals surface area contributed by atoms with E-state index in [9.17, 15) is 19.6 Å². The number of carboxylic acids is 1. The van der Waals surface area contributed by atoms with Gasteiger partial charge in [-0.3, -0.25) is 14.8 Å². The molecular formula is C12H15N5O6S. The van der Waals surface area contributed by atoms with Crippen LogP contribution < -0.4 is 11.1 Å². The molecule has 0 aliphatic carbocycles. The topological polar surface area (TPSA) is 167 Å². The summed E-state index contributed by atoms with van der Waals surface area (Å²) >= 11 is 1.05. The van der Waals surface area contributed by atoms with Gasteiger partial charge in [-0.2, -0.15) is 0 Å². The molecule has 1 saturated heterocycles. The number of thiazole rings is 1. The fourth-order valence-corrected chi connectivity index (χ4v) is 2.50. The SMILES string of the molecule is CC1(C)[C@H](NC(=O)/C(=N\OCC(=O)O)c2csc(N)n2)C(=O)N1O. The summed E-state index contributed by atoms with van der Waals surface area (Å²) in [6.07, 6.45) is 0. The summed E-state index contributed by atoms with van der Waals surface area (Å²) in [5.74, 6) is -2.77. The number of carbonyl (C=O) groups excluding carboxylic acids is 2. The molecular weight excluding hydrogens is 342 g/mol. The Labute approximate surface area is 139 Å². The molecule has 5 N–H and O–H groups in total. The molecule has 1 aliphatic heterocycles. The van der Waals surface area contributed by atoms with Crippen molar-refractivity contribution in [2.45, 2.75) is 25.4 Å². The molecule has 0 radical (unpaired) electrons. The molecule has 11 nitrogen and oxygen atoms in total. The Kier molecular flexibility index (Phi) is 4.71. The number of rotatable bonds is 6. The fraction of sp³-hybridized carbons (Fsp3) is 0.417. The molecule has 2 amide bonds. The van der Waals surface area contributed by atoms with Crippen LogP contribution in [0, 0.1) is 0 Å². The van der Waals surface area contributed by atoms with Gasteiger partial charge < -0.3 is 21.0 Å². The first-order valence-electron chi connectivity index (χ1n) is 6.61. The lowest BCUT2D eigenvalue weighted by Crippen LogP contribution is -2.75. The van der Waals surface area contributed by atoms with Crippen LogP contribution in [0.1, 0.15) is 19.5 Å². The third-order valence-corrected chi connectivity index (χ3v) is 3.98. The quantitative estimate of drug-likeness (QED) is 0.218. The van der Waals surface area contributed by atoms with Crippen LogP contribution in [0.2, 0.25) is 0 Å². The van der Waals surface area contributed by atoms with Crippen LogP contribution in [0.25, 0.3) is 0 Å². The van der Waals surface area contributed by atoms with Crippen molar-refractivity contribution in [2.24, 2.45) is 5.16 Å². The summed E-state index contributed by atoms with van der Waals surface area (Å²) < 4.78 is 0. The number of nitrogens with one attached hydrogen (secondary N) is 1. The van der Waals surface area contributed by atoms with Crippen LogP contribution in [0.3, 0.4) is 0 Å². The van der Waals surface area contributed by atoms with E-state index < -0.39 is 36.0 Å². The highest BCUT2D eigenvalue weighted by molar-refractivity contribution is 7.13. The molecule has 2 heterocycles. The minimum Gasteiger partial charge on any atom is -0.479 e. The van der Waals surface area contributed by atoms with E-state index in [-0.39, 0.29) is 16.5 Å². The van der Waals surface area contributed by atoms with Gasteiger partial charge in [-0.15, -0.1) is 11.3 Å². The van der Waals surface area contributed by atoms with Crippen molar-refractivity contribution in [1.29, 1.82) is 0 Å². The second-order valence-corrected chi connectivity index (χ2v) is 6.28. The van der Waals surface area contributed by atoms with Crippen molar-refractivity contribution in [3.63, 3.8) is 0 Å². The second kappa shape index (κ2) is 6.41. The zero-order chi connectivity index (χ0) is 18.1. The van der Waals surface area contributed by atoms with E-state index in [1.165, 1.54) is 5.38 Å². The second-order valence-electron chi connectivity index (χ2n) is 5.39. The van der Waals surface area contributed by atoms with Crippen molar-refractivity contribution < 1.29 is 29.5 Å². The standard InChI is InChI=1S/C12H15N5O6S/c1-12(2)8(10(21)17(12)22)15-9(20)7(16-23-3-6(18)19)5-4-24-11(13)14-5/h4,8,22H,3H2,1-2H3,(H2,13,14)(H,15,20)(H,18,19)/b16-7-/t8-/m1/s1. The van der Waals surface area contributed by atoms with Crippen molar-refractivity contribution in [3.05, 3.63) is 11.1 Å². The van der Waals surface area contributed by atoms with Gasteiger partial charge in [0.25, 0.3) is 11.8 Å². The summed E-state index contributed by atoms with van der Waals surface area (Å²) in [7, 11) is 0. The first kappa shape index (κ1) is 17.6. The molecule has 24 heavy (non-hydrogen) atoms. The minimum absolute atomic E-state index is 0.0748. The summed E-state index contributed by atoms with van der Waals surface area (Å²) in [6, 6.07) is -0.976. The number of oxime groups is 1. The van der Waals surface area contributed by atoms with Crippen molar-refractivity contribution in [2.75, 3.05) is 12.3 Å². The van der Waals surface area contributed by atoms with E-state index in [1.807, 2.05) is 0 Å². The van der Waals surface area contributed by atoms with Crippen molar-refractivity contribution in [1.82, 2.24) is 15.4 Å². The maximum Gasteiger partial charge on any atom is 0.344 e. The Balaban J connectivity index is 2.19. The van der Waals surface area contributed by atoms with Crippen LogP contribution >= 0.6 is 11.3 Å². The first-order valence-corrected chi connectivity index (χ1v) is 7.49. The molecule has 0 spiro atoms. The molecule has 0 unspecified atom stereocenters. The Morgan fingerprint density at radius 3 is 2.75 bits per heavy atom. The lowest BCUT2D eigenvalue weighted by Gasteiger charge is -2.49. The van der Waals surface area contributed by atoms with E-state index in [0.29, 0.717) is 5.06 Å². The molecule has 12 heteroatoms. The molecule has 1 fully saturated rings. The number of nitrogens with zero attached hydrogens (tertiary/aromatic N) is 3. The number of carbonyl (C=O) groups is 3. The number of β-lactam (4-membered cyclic amide) rings is 1. The lowest BCUT2D eigenvalue weighted by atomic mass is 9.84. The van der Waals surface area contributed by atoms with Gasteiger partial charge in [-0.05, 0) is 13.8 Å². The summed E-state index contributed by atoms with van der Waals surface area (Å²) in [5, 5.41) is 26.0. The van der Waals surface area contributed by atoms with Crippen LogP contribution in [-0.4, -0.2) is 62.0 Å². The molecule has 0 aromatic carbocycles. The first-order chi connectivity index (χ1) is 11.1. The maximum absolute atomic E-state index is 12.4. The molecule has 0 bridgehead atoms. The van der Waals surface area contributed by atoms with Crippen LogP contribution in [0.15, 0.2) is 10.5 Å². The average Bonchev–Trinajstić information content (AvgIpc) is 2.93. The highest BCUT2D eigenvalue weighted by atomic mass is 32.1. The van der Waals surface area contributed by atoms with Crippen LogP contribution in [0.4, 0.5) is 5.13 Å². The summed E-state index contributed by atoms with van der Waals surface area (Å²) in [6.45, 7) is 2.35. The van der Waals surface area contributed by atoms with Gasteiger partial charge in [0.2, 0.25) is 6.61 Å². The summed E-state index contributed by atoms with van der Waals surface area (Å²) in [4.78, 5) is 43.0. The zero-order valence-electron chi connectivity index (χ0n) is 12.7. The van der Waals surface area contributed by atoms with Gasteiger partial charge in [0.15, 0.2) is 10.8 Å². The number of aromatic nitrogens is 1. The van der Waals surface area contributed by atoms with Gasteiger partial charge in [-0.25, -0.2) is 14.8 Å². The van der Waals surface area contributed by atoms with E-state index >= 15 is 0 Å². The van der Waals surface area contributed by atoms with Gasteiger partial charge in [0, 0.05) is 5.38 Å². The average molecular weight is 357 g/mol. The Morgan fingerprint density at radius 1 is 1.58 bits per heavy atom. The minimum atomic E-state index is -1.28. The maximum atomic E-state index is 12.4. The fourth-order valence-electron chi connectivity index (χ4n) is 1.96. The monoisotopic (exact) mass is 357 g/mol.